The number of methoxy groups -OCH3 is 2. The molecule has 6 nitrogen and oxygen atoms in total. The number of hydrogen-bond donors (Lipinski definition) is 1. The molecular weight excluding hydrogens is 356 g/mol. The lowest BCUT2D eigenvalue weighted by Crippen LogP contribution is -2.32. The minimum absolute atomic E-state index is 0.705. The SMILES string of the molecule is CCCNc1nn(CN2CCc3cc(OC)c(OC)cc3C2)c(=S)s1. The van der Waals surface area contributed by atoms with Crippen LogP contribution < -0.4 is 14.8 Å². The Hall–Kier alpha value is -1.64. The fourth-order valence-corrected chi connectivity index (χ4v) is 3.97. The summed E-state index contributed by atoms with van der Waals surface area (Å²) in [6, 6.07) is 4.17. The van der Waals surface area contributed by atoms with Gasteiger partial charge < -0.3 is 14.8 Å². The maximum atomic E-state index is 5.46. The van der Waals surface area contributed by atoms with Gasteiger partial charge in [0.15, 0.2) is 15.5 Å². The fourth-order valence-electron chi connectivity index (χ4n) is 2.95. The van der Waals surface area contributed by atoms with Crippen molar-refractivity contribution in [3.05, 3.63) is 27.2 Å². The summed E-state index contributed by atoms with van der Waals surface area (Å²) in [4.78, 5) is 2.35. The summed E-state index contributed by atoms with van der Waals surface area (Å²) in [5.41, 5.74) is 2.59. The number of rotatable bonds is 7. The van der Waals surface area contributed by atoms with Crippen LogP contribution in [0, 0.1) is 3.95 Å². The number of fused-ring (bicyclic) bond motifs is 1. The van der Waals surface area contributed by atoms with Crippen LogP contribution in [0.3, 0.4) is 0 Å². The van der Waals surface area contributed by atoms with Crippen molar-refractivity contribution >= 4 is 28.7 Å². The molecule has 0 fully saturated rings. The van der Waals surface area contributed by atoms with Crippen LogP contribution in [0.1, 0.15) is 24.5 Å². The van der Waals surface area contributed by atoms with Crippen molar-refractivity contribution in [2.75, 3.05) is 32.6 Å². The van der Waals surface area contributed by atoms with E-state index in [1.807, 2.05) is 4.68 Å². The Morgan fingerprint density at radius 1 is 1.24 bits per heavy atom. The van der Waals surface area contributed by atoms with Crippen LogP contribution in [-0.2, 0) is 19.6 Å². The first-order valence-electron chi connectivity index (χ1n) is 8.42. The molecule has 0 aliphatic carbocycles. The Morgan fingerprint density at radius 3 is 2.64 bits per heavy atom. The number of hydrogen-bond acceptors (Lipinski definition) is 7. The topological polar surface area (TPSA) is 51.6 Å². The van der Waals surface area contributed by atoms with E-state index < -0.39 is 0 Å². The average molecular weight is 381 g/mol. The molecule has 2 heterocycles. The van der Waals surface area contributed by atoms with Gasteiger partial charge in [-0.25, -0.2) is 4.68 Å². The molecule has 2 aromatic rings. The lowest BCUT2D eigenvalue weighted by Gasteiger charge is -2.29. The van der Waals surface area contributed by atoms with Gasteiger partial charge in [-0.05, 0) is 48.3 Å². The van der Waals surface area contributed by atoms with Crippen LogP contribution in [0.2, 0.25) is 0 Å². The van der Waals surface area contributed by atoms with Gasteiger partial charge in [0.2, 0.25) is 5.13 Å². The van der Waals surface area contributed by atoms with E-state index in [0.717, 1.165) is 53.1 Å². The van der Waals surface area contributed by atoms with Gasteiger partial charge >= 0.3 is 0 Å². The zero-order valence-electron chi connectivity index (χ0n) is 14.9. The summed E-state index contributed by atoms with van der Waals surface area (Å²) < 4.78 is 13.5. The Balaban J connectivity index is 1.73. The summed E-state index contributed by atoms with van der Waals surface area (Å²) in [7, 11) is 3.35. The molecular formula is C17H24N4O2S2. The first kappa shape index (κ1) is 18.2. The molecule has 0 unspecified atom stereocenters. The lowest BCUT2D eigenvalue weighted by molar-refractivity contribution is 0.188. The van der Waals surface area contributed by atoms with Crippen LogP contribution in [0.15, 0.2) is 12.1 Å². The van der Waals surface area contributed by atoms with Gasteiger partial charge in [-0.3, -0.25) is 4.90 Å². The second-order valence-corrected chi connectivity index (χ2v) is 7.64. The van der Waals surface area contributed by atoms with Crippen molar-refractivity contribution in [3.8, 4) is 11.5 Å². The monoisotopic (exact) mass is 380 g/mol. The molecule has 1 aromatic carbocycles. The number of aromatic nitrogens is 2. The summed E-state index contributed by atoms with van der Waals surface area (Å²) >= 11 is 6.99. The van der Waals surface area contributed by atoms with E-state index in [9.17, 15) is 0 Å². The number of nitrogens with one attached hydrogen (secondary N) is 1. The van der Waals surface area contributed by atoms with Crippen molar-refractivity contribution in [1.82, 2.24) is 14.7 Å². The molecule has 0 saturated heterocycles. The van der Waals surface area contributed by atoms with E-state index in [1.54, 1.807) is 14.2 Å². The van der Waals surface area contributed by atoms with Crippen molar-refractivity contribution < 1.29 is 9.47 Å². The number of nitrogens with zero attached hydrogens (tertiary/aromatic N) is 3. The zero-order valence-corrected chi connectivity index (χ0v) is 16.5. The van der Waals surface area contributed by atoms with Gasteiger partial charge in [0, 0.05) is 19.6 Å². The van der Waals surface area contributed by atoms with E-state index in [4.69, 9.17) is 21.7 Å². The van der Waals surface area contributed by atoms with Crippen molar-refractivity contribution in [3.63, 3.8) is 0 Å². The molecule has 0 saturated carbocycles. The standard InChI is InChI=1S/C17H24N4O2S2/c1-4-6-18-16-19-21(17(24)25-16)11-20-7-5-12-8-14(22-2)15(23-3)9-13(12)10-20/h8-9H,4-7,10-11H2,1-3H3,(H,18,19). The van der Waals surface area contributed by atoms with Gasteiger partial charge in [0.25, 0.3) is 0 Å². The molecule has 0 bridgehead atoms. The highest BCUT2D eigenvalue weighted by Crippen LogP contribution is 2.33. The molecule has 0 atom stereocenters. The van der Waals surface area contributed by atoms with Crippen LogP contribution in [0.25, 0.3) is 0 Å². The number of ether oxygens (including phenoxy) is 2. The van der Waals surface area contributed by atoms with Crippen molar-refractivity contribution in [2.24, 2.45) is 0 Å². The largest absolute Gasteiger partial charge is 0.493 e. The van der Waals surface area contributed by atoms with Gasteiger partial charge in [-0.1, -0.05) is 18.3 Å². The van der Waals surface area contributed by atoms with Gasteiger partial charge in [0.1, 0.15) is 0 Å². The number of benzene rings is 1. The highest BCUT2D eigenvalue weighted by molar-refractivity contribution is 7.73. The third-order valence-electron chi connectivity index (χ3n) is 4.26. The second-order valence-electron chi connectivity index (χ2n) is 6.02. The van der Waals surface area contributed by atoms with Crippen LogP contribution >= 0.6 is 23.6 Å². The quantitative estimate of drug-likeness (QED) is 0.742. The van der Waals surface area contributed by atoms with E-state index >= 15 is 0 Å². The first-order valence-corrected chi connectivity index (χ1v) is 9.65. The maximum absolute atomic E-state index is 5.46. The third-order valence-corrected chi connectivity index (χ3v) is 5.53. The minimum atomic E-state index is 0.705. The summed E-state index contributed by atoms with van der Waals surface area (Å²) in [5, 5.41) is 8.80. The zero-order chi connectivity index (χ0) is 17.8. The van der Waals surface area contributed by atoms with Gasteiger partial charge in [0.05, 0.1) is 20.9 Å². The Bertz CT molecular complexity index is 787. The molecule has 0 amide bonds. The Morgan fingerprint density at radius 2 is 1.96 bits per heavy atom. The van der Waals surface area contributed by atoms with Gasteiger partial charge in [-0.15, -0.1) is 5.10 Å². The molecule has 1 aliphatic rings. The van der Waals surface area contributed by atoms with E-state index in [1.165, 1.54) is 22.5 Å². The Labute approximate surface area is 157 Å². The van der Waals surface area contributed by atoms with Crippen LogP contribution in [-0.4, -0.2) is 42.0 Å². The first-order chi connectivity index (χ1) is 12.1. The summed E-state index contributed by atoms with van der Waals surface area (Å²) in [6.45, 7) is 5.59. The molecule has 0 spiro atoms. The molecule has 8 heteroatoms. The minimum Gasteiger partial charge on any atom is -0.493 e. The third kappa shape index (κ3) is 4.13. The molecule has 25 heavy (non-hydrogen) atoms. The molecule has 136 valence electrons. The molecule has 0 radical (unpaired) electrons. The summed E-state index contributed by atoms with van der Waals surface area (Å²) in [6.07, 6.45) is 2.05. The lowest BCUT2D eigenvalue weighted by atomic mass is 9.99. The fraction of sp³-hybridized carbons (Fsp3) is 0.529. The smallest absolute Gasteiger partial charge is 0.204 e. The summed E-state index contributed by atoms with van der Waals surface area (Å²) in [5.74, 6) is 1.57. The molecule has 1 aromatic heterocycles. The van der Waals surface area contributed by atoms with Crippen molar-refractivity contribution in [2.45, 2.75) is 33.0 Å². The maximum Gasteiger partial charge on any atom is 0.204 e. The molecule has 1 N–H and O–H groups in total. The van der Waals surface area contributed by atoms with Crippen molar-refractivity contribution in [1.29, 1.82) is 0 Å². The predicted molar refractivity (Wildman–Crippen MR) is 103 cm³/mol. The Kier molecular flexibility index (Phi) is 5.93. The number of anilines is 1. The molecule has 1 aliphatic heterocycles. The average Bonchev–Trinajstić information content (AvgIpc) is 2.98. The van der Waals surface area contributed by atoms with E-state index in [-0.39, 0.29) is 0 Å². The highest BCUT2D eigenvalue weighted by atomic mass is 32.1. The van der Waals surface area contributed by atoms with E-state index in [2.05, 4.69) is 34.4 Å². The highest BCUT2D eigenvalue weighted by Gasteiger charge is 2.20. The normalized spacial score (nSPS) is 14.2. The molecule has 3 rings (SSSR count). The van der Waals surface area contributed by atoms with Gasteiger partial charge in [-0.2, -0.15) is 0 Å². The van der Waals surface area contributed by atoms with Crippen LogP contribution in [0.5, 0.6) is 11.5 Å². The van der Waals surface area contributed by atoms with Crippen LogP contribution in [0.4, 0.5) is 5.13 Å². The second kappa shape index (κ2) is 8.16. The van der Waals surface area contributed by atoms with E-state index in [0.29, 0.717) is 6.67 Å². The predicted octanol–water partition coefficient (Wildman–Crippen LogP) is 3.53.